The number of aromatic nitrogens is 2. The van der Waals surface area contributed by atoms with Gasteiger partial charge in [-0.3, -0.25) is 18.4 Å². The van der Waals surface area contributed by atoms with Crippen molar-refractivity contribution in [1.29, 1.82) is 0 Å². The Labute approximate surface area is 49.6 Å². The van der Waals surface area contributed by atoms with Crippen LogP contribution >= 0.6 is 8.19 Å². The van der Waals surface area contributed by atoms with Gasteiger partial charge in [0.2, 0.25) is 0 Å². The summed E-state index contributed by atoms with van der Waals surface area (Å²) >= 11 is 0. The predicted molar refractivity (Wildman–Crippen MR) is 20.4 cm³/mol. The molecule has 1 heterocycles. The monoisotopic (exact) mass is 92.0 g/mol. The molecule has 0 bridgehead atoms. The van der Waals surface area contributed by atoms with Crippen LogP contribution in [0.2, 0.25) is 0 Å². The van der Waals surface area contributed by atoms with E-state index in [1.807, 2.05) is 0 Å². The number of rotatable bonds is 0. The molecular formula is C2H2LiN2P. The minimum Gasteiger partial charge on any atom is -0.281 e. The first-order chi connectivity index (χ1) is 2.50. The summed E-state index contributed by atoms with van der Waals surface area (Å²) in [4.78, 5) is 0. The van der Waals surface area contributed by atoms with Crippen molar-refractivity contribution in [2.75, 3.05) is 0 Å². The van der Waals surface area contributed by atoms with Gasteiger partial charge in [0.25, 0.3) is 0 Å². The van der Waals surface area contributed by atoms with Gasteiger partial charge in [0.1, 0.15) is 0 Å². The van der Waals surface area contributed by atoms with Crippen LogP contribution in [0, 0.1) is 5.93 Å². The van der Waals surface area contributed by atoms with E-state index in [1.54, 1.807) is 5.93 Å². The summed E-state index contributed by atoms with van der Waals surface area (Å²) < 4.78 is 0. The van der Waals surface area contributed by atoms with Crippen molar-refractivity contribution in [3.05, 3.63) is 11.9 Å². The maximum Gasteiger partial charge on any atom is 1.00 e. The second-order valence-corrected chi connectivity index (χ2v) is 1.37. The molecule has 1 aromatic rings. The van der Waals surface area contributed by atoms with Crippen LogP contribution in [0.3, 0.4) is 0 Å². The maximum absolute atomic E-state index is 3.48. The Morgan fingerprint density at radius 3 is 2.67 bits per heavy atom. The fourth-order valence-corrected chi connectivity index (χ4v) is 0.433. The van der Waals surface area contributed by atoms with Gasteiger partial charge >= 0.3 is 18.9 Å². The second-order valence-electron chi connectivity index (χ2n) is 0.601. The molecule has 0 amide bonds. The van der Waals surface area contributed by atoms with Crippen molar-refractivity contribution >= 4 is 8.19 Å². The van der Waals surface area contributed by atoms with Gasteiger partial charge in [-0.05, 0) is 0 Å². The van der Waals surface area contributed by atoms with Crippen LogP contribution in [0.4, 0.5) is 0 Å². The molecule has 1 rings (SSSR count). The third-order valence-corrected chi connectivity index (χ3v) is 0.768. The van der Waals surface area contributed by atoms with Gasteiger partial charge < -0.3 is 0 Å². The molecule has 26 valence electrons. The van der Waals surface area contributed by atoms with Gasteiger partial charge in [-0.2, -0.15) is 0 Å². The van der Waals surface area contributed by atoms with Crippen LogP contribution < -0.4 is 18.9 Å². The molecule has 1 unspecified atom stereocenters. The summed E-state index contributed by atoms with van der Waals surface area (Å²) in [6.45, 7) is 0. The Hall–Kier alpha value is 0.237. The topological polar surface area (TPSA) is 25.8 Å². The van der Waals surface area contributed by atoms with Gasteiger partial charge in [-0.1, -0.05) is 11.9 Å². The van der Waals surface area contributed by atoms with Crippen molar-refractivity contribution in [2.45, 2.75) is 0 Å². The first-order valence-corrected chi connectivity index (χ1v) is 2.30. The van der Waals surface area contributed by atoms with E-state index in [9.17, 15) is 0 Å². The molecular weight excluding hydrogens is 90.0 g/mol. The average Bonchev–Trinajstić information content (AvgIpc) is 1.76. The van der Waals surface area contributed by atoms with Crippen LogP contribution in [0.15, 0.2) is 5.93 Å². The van der Waals surface area contributed by atoms with E-state index in [1.165, 1.54) is 0 Å². The number of hydrogen-bond donors (Lipinski definition) is 0. The van der Waals surface area contributed by atoms with Gasteiger partial charge in [-0.15, -0.1) is 0 Å². The molecule has 0 aliphatic carbocycles. The first-order valence-electron chi connectivity index (χ1n) is 1.22. The zero-order valence-corrected chi connectivity index (χ0v) is 4.47. The molecule has 0 spiro atoms. The molecule has 1 aromatic heterocycles. The van der Waals surface area contributed by atoms with E-state index in [2.05, 4.69) is 16.1 Å². The number of nitrogens with zero attached hydrogens (tertiary/aromatic N) is 2. The Kier molecular flexibility index (Phi) is 3.56. The van der Waals surface area contributed by atoms with Crippen molar-refractivity contribution in [2.24, 2.45) is 0 Å². The smallest absolute Gasteiger partial charge is 0.281 e. The molecule has 0 fully saturated rings. The minimum atomic E-state index is 0. The summed E-state index contributed by atoms with van der Waals surface area (Å²) in [6.07, 6.45) is 0. The third-order valence-electron chi connectivity index (χ3n) is 0.295. The zero-order valence-electron chi connectivity index (χ0n) is 3.47. The SMILES string of the molecule is [Li+].[c-]1nnc[pH]1. The average molecular weight is 92.0 g/mol. The Bertz CT molecular complexity index is 68.0. The summed E-state index contributed by atoms with van der Waals surface area (Å²) in [5, 5.41) is 6.90. The van der Waals surface area contributed by atoms with Gasteiger partial charge in [-0.25, -0.2) is 0 Å². The molecule has 0 saturated carbocycles. The molecule has 0 N–H and O–H groups in total. The van der Waals surface area contributed by atoms with E-state index >= 15 is 0 Å². The molecule has 2 nitrogen and oxygen atoms in total. The van der Waals surface area contributed by atoms with Crippen LogP contribution in [0.25, 0.3) is 0 Å². The van der Waals surface area contributed by atoms with Crippen molar-refractivity contribution in [3.63, 3.8) is 0 Å². The van der Waals surface area contributed by atoms with Gasteiger partial charge in [0.15, 0.2) is 0 Å². The second kappa shape index (κ2) is 3.43. The summed E-state index contributed by atoms with van der Waals surface area (Å²) in [5.41, 5.74) is 0. The summed E-state index contributed by atoms with van der Waals surface area (Å²) in [6, 6.07) is 0. The van der Waals surface area contributed by atoms with E-state index in [0.29, 0.717) is 8.19 Å². The number of hydrogen-bond acceptors (Lipinski definition) is 2. The zero-order chi connectivity index (χ0) is 3.54. The molecule has 6 heavy (non-hydrogen) atoms. The quantitative estimate of drug-likeness (QED) is 0.257. The van der Waals surface area contributed by atoms with Crippen LogP contribution in [-0.4, -0.2) is 10.2 Å². The molecule has 4 heteroatoms. The van der Waals surface area contributed by atoms with E-state index in [4.69, 9.17) is 0 Å². The molecule has 0 aliphatic rings. The largest absolute Gasteiger partial charge is 1.00 e. The summed E-state index contributed by atoms with van der Waals surface area (Å²) in [5.74, 6) is 4.39. The van der Waals surface area contributed by atoms with Crippen LogP contribution in [0.1, 0.15) is 0 Å². The molecule has 0 saturated heterocycles. The van der Waals surface area contributed by atoms with Crippen molar-refractivity contribution in [3.8, 4) is 0 Å². The fourth-order valence-electron chi connectivity index (χ4n) is 0.144. The first kappa shape index (κ1) is 6.24. The predicted octanol–water partition coefficient (Wildman–Crippen LogP) is -2.69. The Balaban J connectivity index is 0.000000250. The molecule has 0 aliphatic heterocycles. The van der Waals surface area contributed by atoms with Crippen molar-refractivity contribution in [1.82, 2.24) is 10.2 Å². The van der Waals surface area contributed by atoms with Crippen LogP contribution in [-0.2, 0) is 0 Å². The van der Waals surface area contributed by atoms with Crippen LogP contribution in [0.5, 0.6) is 0 Å². The fraction of sp³-hybridized carbons (Fsp3) is 0. The maximum atomic E-state index is 3.48. The normalized spacial score (nSPS) is 8.00. The Morgan fingerprint density at radius 2 is 2.50 bits per heavy atom. The minimum absolute atomic E-state index is 0. The summed E-state index contributed by atoms with van der Waals surface area (Å²) in [7, 11) is 0.600. The standard InChI is InChI=1S/C2H2N2P.Li/c1-3-4-2-5-1;/h1,5H;/q-1;+1. The van der Waals surface area contributed by atoms with E-state index in [0.717, 1.165) is 0 Å². The van der Waals surface area contributed by atoms with E-state index < -0.39 is 0 Å². The van der Waals surface area contributed by atoms with Gasteiger partial charge in [0, 0.05) is 0 Å². The molecule has 0 aromatic carbocycles. The third kappa shape index (κ3) is 1.62. The Morgan fingerprint density at radius 1 is 1.67 bits per heavy atom. The molecule has 0 radical (unpaired) electrons. The van der Waals surface area contributed by atoms with Crippen molar-refractivity contribution < 1.29 is 18.9 Å². The molecule has 1 atom stereocenters. The van der Waals surface area contributed by atoms with E-state index in [-0.39, 0.29) is 18.9 Å². The van der Waals surface area contributed by atoms with Gasteiger partial charge in [0.05, 0.1) is 0 Å².